The minimum absolute atomic E-state index is 0.306. The summed E-state index contributed by atoms with van der Waals surface area (Å²) in [6.45, 7) is 0. The van der Waals surface area contributed by atoms with Gasteiger partial charge in [0, 0.05) is 0 Å². The first-order valence-electron chi connectivity index (χ1n) is 11.4. The van der Waals surface area contributed by atoms with Crippen molar-refractivity contribution in [3.63, 3.8) is 0 Å². The Morgan fingerprint density at radius 3 is 1.44 bits per heavy atom. The van der Waals surface area contributed by atoms with Gasteiger partial charge in [0.15, 0.2) is 0 Å². The number of methoxy groups -OCH3 is 1. The maximum Gasteiger partial charge on any atom is 0.339 e. The standard InChI is InChI=1S/C32H20O2/c1-34-32(33)31-29-9-5-4-8-21(29)12-28-17-26-15-24-13-22-10-19-6-2-3-7-20(19)11-23(22)14-25(24)16-27(26)18-30(28)31/h2-18H,1H3. The van der Waals surface area contributed by atoms with Crippen LogP contribution in [-0.2, 0) is 4.74 Å². The van der Waals surface area contributed by atoms with Crippen LogP contribution in [0.1, 0.15) is 10.4 Å². The lowest BCUT2D eigenvalue weighted by Gasteiger charge is -2.12. The molecule has 0 unspecified atom stereocenters. The molecule has 0 amide bonds. The van der Waals surface area contributed by atoms with Gasteiger partial charge in [-0.1, -0.05) is 48.5 Å². The first-order valence-corrected chi connectivity index (χ1v) is 11.4. The smallest absolute Gasteiger partial charge is 0.339 e. The number of rotatable bonds is 1. The highest BCUT2D eigenvalue weighted by Gasteiger charge is 2.16. The first-order chi connectivity index (χ1) is 16.7. The van der Waals surface area contributed by atoms with Gasteiger partial charge in [0.2, 0.25) is 0 Å². The van der Waals surface area contributed by atoms with Crippen LogP contribution in [0.15, 0.2) is 103 Å². The Morgan fingerprint density at radius 2 is 0.882 bits per heavy atom. The molecule has 0 N–H and O–H groups in total. The molecule has 0 heterocycles. The van der Waals surface area contributed by atoms with Crippen LogP contribution in [-0.4, -0.2) is 13.1 Å². The SMILES string of the molecule is COC(=O)c1c2ccccc2cc2cc3cc4cc5cc6ccccc6cc5cc4cc3cc12. The van der Waals surface area contributed by atoms with E-state index in [-0.39, 0.29) is 5.97 Å². The highest BCUT2D eigenvalue weighted by molar-refractivity contribution is 6.19. The summed E-state index contributed by atoms with van der Waals surface area (Å²) in [6, 6.07) is 36.5. The Bertz CT molecular complexity index is 1960. The van der Waals surface area contributed by atoms with Crippen molar-refractivity contribution in [2.24, 2.45) is 0 Å². The monoisotopic (exact) mass is 436 g/mol. The van der Waals surface area contributed by atoms with E-state index in [1.54, 1.807) is 0 Å². The molecule has 0 saturated carbocycles. The van der Waals surface area contributed by atoms with Crippen molar-refractivity contribution in [1.82, 2.24) is 0 Å². The molecule has 0 aliphatic carbocycles. The van der Waals surface area contributed by atoms with Crippen LogP contribution >= 0.6 is 0 Å². The molecule has 0 bridgehead atoms. The van der Waals surface area contributed by atoms with Crippen LogP contribution in [0.4, 0.5) is 0 Å². The molecular formula is C32H20O2. The van der Waals surface area contributed by atoms with E-state index in [9.17, 15) is 4.79 Å². The second-order valence-corrected chi connectivity index (χ2v) is 8.98. The molecule has 0 atom stereocenters. The van der Waals surface area contributed by atoms with E-state index in [0.717, 1.165) is 32.3 Å². The van der Waals surface area contributed by atoms with Gasteiger partial charge in [-0.05, 0) is 119 Å². The van der Waals surface area contributed by atoms with Crippen molar-refractivity contribution in [3.8, 4) is 0 Å². The molecule has 7 aromatic rings. The zero-order valence-corrected chi connectivity index (χ0v) is 18.6. The van der Waals surface area contributed by atoms with Gasteiger partial charge in [-0.25, -0.2) is 4.79 Å². The minimum Gasteiger partial charge on any atom is -0.465 e. The van der Waals surface area contributed by atoms with Gasteiger partial charge >= 0.3 is 5.97 Å². The molecule has 0 saturated heterocycles. The summed E-state index contributed by atoms with van der Waals surface area (Å²) < 4.78 is 5.18. The van der Waals surface area contributed by atoms with Gasteiger partial charge in [0.1, 0.15) is 0 Å². The summed E-state index contributed by atoms with van der Waals surface area (Å²) in [7, 11) is 1.44. The topological polar surface area (TPSA) is 26.3 Å². The first kappa shape index (κ1) is 19.1. The van der Waals surface area contributed by atoms with E-state index < -0.39 is 0 Å². The molecular weight excluding hydrogens is 416 g/mol. The van der Waals surface area contributed by atoms with Crippen molar-refractivity contribution in [3.05, 3.63) is 109 Å². The van der Waals surface area contributed by atoms with Crippen LogP contribution in [0.3, 0.4) is 0 Å². The Kier molecular flexibility index (Phi) is 3.95. The van der Waals surface area contributed by atoms with Crippen LogP contribution in [0, 0.1) is 0 Å². The normalized spacial score (nSPS) is 11.8. The highest BCUT2D eigenvalue weighted by Crippen LogP contribution is 2.35. The summed E-state index contributed by atoms with van der Waals surface area (Å²) in [4.78, 5) is 12.8. The predicted octanol–water partition coefficient (Wildman–Crippen LogP) is 8.39. The van der Waals surface area contributed by atoms with Crippen molar-refractivity contribution in [1.29, 1.82) is 0 Å². The van der Waals surface area contributed by atoms with Crippen LogP contribution in [0.5, 0.6) is 0 Å². The number of carbonyl (C=O) groups excluding carboxylic acids is 1. The van der Waals surface area contributed by atoms with Crippen molar-refractivity contribution < 1.29 is 9.53 Å². The number of carbonyl (C=O) groups is 1. The fourth-order valence-electron chi connectivity index (χ4n) is 5.33. The summed E-state index contributed by atoms with van der Waals surface area (Å²) in [5.41, 5.74) is 0.627. The summed E-state index contributed by atoms with van der Waals surface area (Å²) in [5, 5.41) is 13.6. The van der Waals surface area contributed by atoms with E-state index in [0.29, 0.717) is 5.56 Å². The Labute approximate surface area is 196 Å². The van der Waals surface area contributed by atoms with Gasteiger partial charge in [0.05, 0.1) is 12.7 Å². The lowest BCUT2D eigenvalue weighted by molar-refractivity contribution is 0.0605. The molecule has 2 heteroatoms. The predicted molar refractivity (Wildman–Crippen MR) is 143 cm³/mol. The number of fused-ring (bicyclic) bond motifs is 6. The van der Waals surface area contributed by atoms with Crippen LogP contribution in [0.2, 0.25) is 0 Å². The minimum atomic E-state index is -0.306. The number of hydrogen-bond donors (Lipinski definition) is 0. The molecule has 0 fully saturated rings. The Balaban J connectivity index is 1.56. The highest BCUT2D eigenvalue weighted by atomic mass is 16.5. The second-order valence-electron chi connectivity index (χ2n) is 8.98. The van der Waals surface area contributed by atoms with Gasteiger partial charge < -0.3 is 4.74 Å². The molecule has 7 aromatic carbocycles. The lowest BCUT2D eigenvalue weighted by atomic mass is 9.92. The molecule has 0 aliphatic heterocycles. The lowest BCUT2D eigenvalue weighted by Crippen LogP contribution is -2.03. The molecule has 2 nitrogen and oxygen atoms in total. The third-order valence-corrected chi connectivity index (χ3v) is 6.98. The number of ether oxygens (including phenoxy) is 1. The zero-order chi connectivity index (χ0) is 22.8. The van der Waals surface area contributed by atoms with Crippen LogP contribution < -0.4 is 0 Å². The van der Waals surface area contributed by atoms with E-state index in [1.165, 1.54) is 39.4 Å². The molecule has 0 radical (unpaired) electrons. The Morgan fingerprint density at radius 1 is 0.471 bits per heavy atom. The summed E-state index contributed by atoms with van der Waals surface area (Å²) in [5.74, 6) is -0.306. The third-order valence-electron chi connectivity index (χ3n) is 6.98. The van der Waals surface area contributed by atoms with E-state index in [1.807, 2.05) is 24.3 Å². The van der Waals surface area contributed by atoms with Gasteiger partial charge in [-0.3, -0.25) is 0 Å². The zero-order valence-electron chi connectivity index (χ0n) is 18.6. The summed E-state index contributed by atoms with van der Waals surface area (Å²) >= 11 is 0. The van der Waals surface area contributed by atoms with E-state index in [4.69, 9.17) is 4.74 Å². The van der Waals surface area contributed by atoms with E-state index >= 15 is 0 Å². The second kappa shape index (κ2) is 7.03. The maximum atomic E-state index is 12.8. The largest absolute Gasteiger partial charge is 0.465 e. The molecule has 0 aromatic heterocycles. The maximum absolute atomic E-state index is 12.8. The fraction of sp³-hybridized carbons (Fsp3) is 0.0312. The number of esters is 1. The van der Waals surface area contributed by atoms with Crippen molar-refractivity contribution in [2.75, 3.05) is 7.11 Å². The van der Waals surface area contributed by atoms with E-state index in [2.05, 4.69) is 78.9 Å². The third kappa shape index (κ3) is 2.79. The van der Waals surface area contributed by atoms with Gasteiger partial charge in [-0.15, -0.1) is 0 Å². The number of hydrogen-bond acceptors (Lipinski definition) is 2. The quantitative estimate of drug-likeness (QED) is 0.191. The fourth-order valence-corrected chi connectivity index (χ4v) is 5.33. The van der Waals surface area contributed by atoms with Crippen LogP contribution in [0.25, 0.3) is 64.6 Å². The summed E-state index contributed by atoms with van der Waals surface area (Å²) in [6.07, 6.45) is 0. The van der Waals surface area contributed by atoms with Crippen molar-refractivity contribution in [2.45, 2.75) is 0 Å². The van der Waals surface area contributed by atoms with Crippen molar-refractivity contribution >= 4 is 70.6 Å². The molecule has 160 valence electrons. The molecule has 0 aliphatic rings. The Hall–Kier alpha value is -4.43. The molecule has 34 heavy (non-hydrogen) atoms. The molecule has 7 rings (SSSR count). The average Bonchev–Trinajstić information content (AvgIpc) is 2.86. The number of benzene rings is 7. The van der Waals surface area contributed by atoms with Gasteiger partial charge in [-0.2, -0.15) is 0 Å². The van der Waals surface area contributed by atoms with Gasteiger partial charge in [0.25, 0.3) is 0 Å². The average molecular weight is 437 g/mol. The molecule has 0 spiro atoms.